The number of likely N-dealkylation sites (N-methyl/N-ethyl adjacent to an activating group) is 1. The second kappa shape index (κ2) is 6.32. The van der Waals surface area contributed by atoms with Crippen LogP contribution in [0.2, 0.25) is 5.02 Å². The van der Waals surface area contributed by atoms with Crippen molar-refractivity contribution >= 4 is 29.3 Å². The molecule has 1 aromatic carbocycles. The second-order valence-corrected chi connectivity index (χ2v) is 5.69. The van der Waals surface area contributed by atoms with Crippen molar-refractivity contribution in [2.75, 3.05) is 32.5 Å². The minimum Gasteiger partial charge on any atom is -0.478 e. The van der Waals surface area contributed by atoms with Crippen LogP contribution in [0.3, 0.4) is 0 Å². The van der Waals surface area contributed by atoms with Crippen molar-refractivity contribution in [3.8, 4) is 0 Å². The molecule has 1 heterocycles. The predicted molar refractivity (Wildman–Crippen MR) is 81.1 cm³/mol. The third-order valence-corrected chi connectivity index (χ3v) is 3.97. The maximum Gasteiger partial charge on any atom is 0.335 e. The Balaban J connectivity index is 2.06. The molecule has 2 rings (SSSR count). The highest BCUT2D eigenvalue weighted by Gasteiger charge is 2.27. The lowest BCUT2D eigenvalue weighted by Gasteiger charge is -2.21. The van der Waals surface area contributed by atoms with Gasteiger partial charge in [0, 0.05) is 19.1 Å². The molecule has 6 nitrogen and oxygen atoms in total. The van der Waals surface area contributed by atoms with E-state index in [1.807, 2.05) is 14.1 Å². The van der Waals surface area contributed by atoms with Gasteiger partial charge in [-0.1, -0.05) is 11.6 Å². The molecule has 0 radical (unpaired) electrons. The third kappa shape index (κ3) is 3.65. The fourth-order valence-electron chi connectivity index (χ4n) is 2.30. The summed E-state index contributed by atoms with van der Waals surface area (Å²) in [7, 11) is 3.97. The highest BCUT2D eigenvalue weighted by atomic mass is 35.5. The molecule has 0 aliphatic carbocycles. The topological polar surface area (TPSA) is 72.9 Å². The van der Waals surface area contributed by atoms with Crippen molar-refractivity contribution in [1.29, 1.82) is 0 Å². The van der Waals surface area contributed by atoms with Gasteiger partial charge in [0.25, 0.3) is 0 Å². The molecule has 1 saturated heterocycles. The van der Waals surface area contributed by atoms with E-state index in [-0.39, 0.29) is 11.6 Å². The summed E-state index contributed by atoms with van der Waals surface area (Å²) in [5.74, 6) is -1.06. The number of carbonyl (C=O) groups is 2. The van der Waals surface area contributed by atoms with Crippen molar-refractivity contribution in [2.24, 2.45) is 0 Å². The van der Waals surface area contributed by atoms with Crippen LogP contribution >= 0.6 is 11.6 Å². The average molecular weight is 312 g/mol. The lowest BCUT2D eigenvalue weighted by Crippen LogP contribution is -2.36. The van der Waals surface area contributed by atoms with Gasteiger partial charge in [0.05, 0.1) is 16.3 Å². The number of benzene rings is 1. The van der Waals surface area contributed by atoms with E-state index >= 15 is 0 Å². The number of carboxylic acid groups (broad SMARTS) is 1. The summed E-state index contributed by atoms with van der Waals surface area (Å²) in [6, 6.07) is 4.31. The van der Waals surface area contributed by atoms with Crippen molar-refractivity contribution in [1.82, 2.24) is 9.80 Å². The van der Waals surface area contributed by atoms with Crippen molar-refractivity contribution in [3.05, 3.63) is 28.8 Å². The summed E-state index contributed by atoms with van der Waals surface area (Å²) in [5, 5.41) is 12.0. The number of nitrogens with zero attached hydrogens (tertiary/aromatic N) is 2. The van der Waals surface area contributed by atoms with E-state index in [9.17, 15) is 9.59 Å². The third-order valence-electron chi connectivity index (χ3n) is 3.64. The molecular formula is C14H18ClN3O3. The van der Waals surface area contributed by atoms with Gasteiger partial charge >= 0.3 is 12.0 Å². The number of hydrogen-bond donors (Lipinski definition) is 2. The van der Waals surface area contributed by atoms with E-state index in [4.69, 9.17) is 16.7 Å². The van der Waals surface area contributed by atoms with E-state index in [2.05, 4.69) is 10.2 Å². The fraction of sp³-hybridized carbons (Fsp3) is 0.429. The average Bonchev–Trinajstić information content (AvgIpc) is 2.90. The largest absolute Gasteiger partial charge is 0.478 e. The van der Waals surface area contributed by atoms with Crippen molar-refractivity contribution < 1.29 is 14.7 Å². The van der Waals surface area contributed by atoms with Gasteiger partial charge in [-0.25, -0.2) is 9.59 Å². The van der Waals surface area contributed by atoms with Gasteiger partial charge in [0.1, 0.15) is 0 Å². The number of carboxylic acids is 1. The smallest absolute Gasteiger partial charge is 0.335 e. The van der Waals surface area contributed by atoms with Crippen molar-refractivity contribution in [2.45, 2.75) is 12.5 Å². The Labute approximate surface area is 128 Å². The first kappa shape index (κ1) is 15.6. The highest BCUT2D eigenvalue weighted by Crippen LogP contribution is 2.24. The number of urea groups is 1. The molecule has 0 saturated carbocycles. The molecule has 1 unspecified atom stereocenters. The molecule has 1 atom stereocenters. The van der Waals surface area contributed by atoms with Gasteiger partial charge in [-0.2, -0.15) is 0 Å². The number of anilines is 1. The molecule has 1 aliphatic heterocycles. The lowest BCUT2D eigenvalue weighted by molar-refractivity contribution is 0.0697. The summed E-state index contributed by atoms with van der Waals surface area (Å²) in [5.41, 5.74) is 0.400. The second-order valence-electron chi connectivity index (χ2n) is 5.28. The molecular weight excluding hydrogens is 294 g/mol. The Morgan fingerprint density at radius 2 is 2.14 bits per heavy atom. The number of nitrogens with one attached hydrogen (secondary N) is 1. The van der Waals surface area contributed by atoms with E-state index in [0.29, 0.717) is 29.8 Å². The van der Waals surface area contributed by atoms with Gasteiger partial charge in [-0.3, -0.25) is 0 Å². The van der Waals surface area contributed by atoms with Gasteiger partial charge < -0.3 is 20.2 Å². The van der Waals surface area contributed by atoms with Crippen LogP contribution in [0.4, 0.5) is 10.5 Å². The van der Waals surface area contributed by atoms with Crippen LogP contribution in [-0.2, 0) is 0 Å². The molecule has 2 amide bonds. The summed E-state index contributed by atoms with van der Waals surface area (Å²) in [6.45, 7) is 1.32. The predicted octanol–water partition coefficient (Wildman–Crippen LogP) is 2.21. The van der Waals surface area contributed by atoms with Crippen LogP contribution < -0.4 is 5.32 Å². The minimum absolute atomic E-state index is 0.0855. The zero-order valence-corrected chi connectivity index (χ0v) is 12.7. The number of rotatable bonds is 3. The summed E-state index contributed by atoms with van der Waals surface area (Å²) in [6.07, 6.45) is 0.920. The Hall–Kier alpha value is -1.79. The first-order chi connectivity index (χ1) is 9.88. The minimum atomic E-state index is -1.06. The molecule has 7 heteroatoms. The maximum atomic E-state index is 12.2. The molecule has 0 aromatic heterocycles. The summed E-state index contributed by atoms with van der Waals surface area (Å²) < 4.78 is 0. The fourth-order valence-corrected chi connectivity index (χ4v) is 2.46. The van der Waals surface area contributed by atoms with Crippen LogP contribution in [0.5, 0.6) is 0 Å². The number of hydrogen-bond acceptors (Lipinski definition) is 3. The molecule has 114 valence electrons. The molecule has 21 heavy (non-hydrogen) atoms. The van der Waals surface area contributed by atoms with Crippen LogP contribution in [0.1, 0.15) is 16.8 Å². The molecule has 1 fully saturated rings. The van der Waals surface area contributed by atoms with Crippen LogP contribution in [0.25, 0.3) is 0 Å². The zero-order valence-electron chi connectivity index (χ0n) is 12.0. The zero-order chi connectivity index (χ0) is 15.6. The lowest BCUT2D eigenvalue weighted by atomic mass is 10.2. The first-order valence-corrected chi connectivity index (χ1v) is 7.01. The van der Waals surface area contributed by atoms with E-state index in [1.54, 1.807) is 4.90 Å². The molecule has 0 spiro atoms. The number of likely N-dealkylation sites (tertiary alicyclic amines) is 1. The Morgan fingerprint density at radius 1 is 1.43 bits per heavy atom. The standard InChI is InChI=1S/C14H18ClN3O3/c1-17(2)10-5-6-18(8-10)14(21)16-12-7-9(13(19)20)3-4-11(12)15/h3-4,7,10H,5-6,8H2,1-2H3,(H,16,21)(H,19,20). The Kier molecular flexibility index (Phi) is 4.69. The summed E-state index contributed by atoms with van der Waals surface area (Å²) >= 11 is 6.00. The van der Waals surface area contributed by atoms with Gasteiger partial charge in [0.2, 0.25) is 0 Å². The number of carbonyl (C=O) groups excluding carboxylic acids is 1. The number of halogens is 1. The van der Waals surface area contributed by atoms with E-state index in [0.717, 1.165) is 6.42 Å². The van der Waals surface area contributed by atoms with Crippen molar-refractivity contribution in [3.63, 3.8) is 0 Å². The quantitative estimate of drug-likeness (QED) is 0.897. The maximum absolute atomic E-state index is 12.2. The molecule has 1 aliphatic rings. The van der Waals surface area contributed by atoms with Gasteiger partial charge in [-0.05, 0) is 38.7 Å². The van der Waals surface area contributed by atoms with Crippen LogP contribution in [-0.4, -0.2) is 60.1 Å². The monoisotopic (exact) mass is 311 g/mol. The normalized spacial score (nSPS) is 18.1. The molecule has 1 aromatic rings. The van der Waals surface area contributed by atoms with Crippen LogP contribution in [0, 0.1) is 0 Å². The highest BCUT2D eigenvalue weighted by molar-refractivity contribution is 6.33. The SMILES string of the molecule is CN(C)C1CCN(C(=O)Nc2cc(C(=O)O)ccc2Cl)C1. The summed E-state index contributed by atoms with van der Waals surface area (Å²) in [4.78, 5) is 27.0. The van der Waals surface area contributed by atoms with Crippen LogP contribution in [0.15, 0.2) is 18.2 Å². The van der Waals surface area contributed by atoms with Gasteiger partial charge in [0.15, 0.2) is 0 Å². The van der Waals surface area contributed by atoms with Gasteiger partial charge in [-0.15, -0.1) is 0 Å². The first-order valence-electron chi connectivity index (χ1n) is 6.63. The number of amides is 2. The Morgan fingerprint density at radius 3 is 2.71 bits per heavy atom. The Bertz CT molecular complexity index is 562. The van der Waals surface area contributed by atoms with E-state index in [1.165, 1.54) is 18.2 Å². The molecule has 2 N–H and O–H groups in total. The molecule has 0 bridgehead atoms. The number of aromatic carboxylic acids is 1. The van der Waals surface area contributed by atoms with E-state index < -0.39 is 5.97 Å².